The second-order valence-electron chi connectivity index (χ2n) is 3.21. The maximum absolute atomic E-state index is 13.3. The van der Waals surface area contributed by atoms with Crippen LogP contribution in [-0.4, -0.2) is 13.7 Å². The number of methoxy groups -OCH3 is 1. The lowest BCUT2D eigenvalue weighted by atomic mass is 10.0. The van der Waals surface area contributed by atoms with Gasteiger partial charge in [0.15, 0.2) is 11.6 Å². The molecule has 1 aromatic carbocycles. The van der Waals surface area contributed by atoms with E-state index in [4.69, 9.17) is 5.73 Å². The van der Waals surface area contributed by atoms with Gasteiger partial charge in [-0.25, -0.2) is 17.6 Å². The lowest BCUT2D eigenvalue weighted by Crippen LogP contribution is -2.20. The van der Waals surface area contributed by atoms with Crippen LogP contribution < -0.4 is 10.5 Å². The van der Waals surface area contributed by atoms with Crippen molar-refractivity contribution in [2.24, 2.45) is 5.73 Å². The Morgan fingerprint density at radius 2 is 1.88 bits per heavy atom. The van der Waals surface area contributed by atoms with Gasteiger partial charge in [-0.2, -0.15) is 0 Å². The molecule has 90 valence electrons. The van der Waals surface area contributed by atoms with Gasteiger partial charge < -0.3 is 10.5 Å². The third-order valence-corrected chi connectivity index (χ3v) is 2.09. The van der Waals surface area contributed by atoms with Gasteiger partial charge in [0.25, 0.3) is 5.92 Å². The predicted octanol–water partition coefficient (Wildman–Crippen LogP) is 2.41. The number of rotatable bonds is 4. The van der Waals surface area contributed by atoms with Crippen LogP contribution in [0.15, 0.2) is 12.1 Å². The van der Waals surface area contributed by atoms with Gasteiger partial charge in [0, 0.05) is 12.5 Å². The summed E-state index contributed by atoms with van der Waals surface area (Å²) in [5.41, 5.74) is 3.97. The summed E-state index contributed by atoms with van der Waals surface area (Å²) in [5.74, 6) is -6.14. The van der Waals surface area contributed by atoms with E-state index in [-0.39, 0.29) is 6.54 Å². The molecule has 0 heterocycles. The van der Waals surface area contributed by atoms with Crippen molar-refractivity contribution in [1.82, 2.24) is 0 Å². The standard InChI is InChI=1S/C10H11F4NO/c1-16-9-5-7(11)6(4-8(9)12)10(13,14)2-3-15/h4-5H,2-3,15H2,1H3. The first-order valence-electron chi connectivity index (χ1n) is 4.53. The van der Waals surface area contributed by atoms with Crippen LogP contribution >= 0.6 is 0 Å². The summed E-state index contributed by atoms with van der Waals surface area (Å²) in [4.78, 5) is 0. The van der Waals surface area contributed by atoms with Crippen LogP contribution in [0.3, 0.4) is 0 Å². The molecule has 1 rings (SSSR count). The van der Waals surface area contributed by atoms with Crippen molar-refractivity contribution in [3.05, 3.63) is 29.3 Å². The van der Waals surface area contributed by atoms with E-state index in [2.05, 4.69) is 4.74 Å². The Balaban J connectivity index is 3.20. The summed E-state index contributed by atoms with van der Waals surface area (Å²) in [6, 6.07) is 1.03. The zero-order valence-electron chi connectivity index (χ0n) is 8.57. The normalized spacial score (nSPS) is 11.6. The maximum atomic E-state index is 13.3. The fraction of sp³-hybridized carbons (Fsp3) is 0.400. The Morgan fingerprint density at radius 1 is 1.25 bits per heavy atom. The van der Waals surface area contributed by atoms with Crippen molar-refractivity contribution in [1.29, 1.82) is 0 Å². The molecule has 0 aliphatic heterocycles. The minimum Gasteiger partial charge on any atom is -0.494 e. The Bertz CT molecular complexity index is 381. The Kier molecular flexibility index (Phi) is 3.74. The van der Waals surface area contributed by atoms with Gasteiger partial charge in [0.2, 0.25) is 0 Å². The van der Waals surface area contributed by atoms with E-state index in [0.29, 0.717) is 12.1 Å². The highest BCUT2D eigenvalue weighted by Gasteiger charge is 2.34. The largest absolute Gasteiger partial charge is 0.494 e. The predicted molar refractivity (Wildman–Crippen MR) is 50.5 cm³/mol. The van der Waals surface area contributed by atoms with Gasteiger partial charge >= 0.3 is 0 Å². The zero-order valence-corrected chi connectivity index (χ0v) is 8.57. The molecule has 0 radical (unpaired) electrons. The third-order valence-electron chi connectivity index (χ3n) is 2.09. The summed E-state index contributed by atoms with van der Waals surface area (Å²) in [6.45, 7) is -0.319. The van der Waals surface area contributed by atoms with Gasteiger partial charge in [0.05, 0.1) is 12.7 Å². The molecule has 0 saturated carbocycles. The van der Waals surface area contributed by atoms with Crippen LogP contribution in [-0.2, 0) is 5.92 Å². The van der Waals surface area contributed by atoms with Gasteiger partial charge in [-0.15, -0.1) is 0 Å². The minimum atomic E-state index is -3.48. The van der Waals surface area contributed by atoms with Crippen molar-refractivity contribution in [2.45, 2.75) is 12.3 Å². The van der Waals surface area contributed by atoms with E-state index in [1.165, 1.54) is 0 Å². The van der Waals surface area contributed by atoms with Crippen molar-refractivity contribution < 1.29 is 22.3 Å². The molecule has 1 aromatic rings. The molecule has 0 atom stereocenters. The molecule has 6 heteroatoms. The molecule has 2 N–H and O–H groups in total. The van der Waals surface area contributed by atoms with Crippen molar-refractivity contribution in [3.8, 4) is 5.75 Å². The molecule has 0 spiro atoms. The molecule has 0 aliphatic carbocycles. The van der Waals surface area contributed by atoms with E-state index in [9.17, 15) is 17.6 Å². The maximum Gasteiger partial charge on any atom is 0.277 e. The van der Waals surface area contributed by atoms with Gasteiger partial charge in [-0.1, -0.05) is 0 Å². The smallest absolute Gasteiger partial charge is 0.277 e. The van der Waals surface area contributed by atoms with Crippen molar-refractivity contribution in [2.75, 3.05) is 13.7 Å². The van der Waals surface area contributed by atoms with Crippen molar-refractivity contribution >= 4 is 0 Å². The number of nitrogens with two attached hydrogens (primary N) is 1. The molecule has 0 bridgehead atoms. The van der Waals surface area contributed by atoms with Gasteiger partial charge in [-0.05, 0) is 12.6 Å². The molecule has 16 heavy (non-hydrogen) atoms. The Hall–Kier alpha value is -1.30. The van der Waals surface area contributed by atoms with Crippen LogP contribution in [0.5, 0.6) is 5.75 Å². The highest BCUT2D eigenvalue weighted by molar-refractivity contribution is 5.33. The first-order valence-corrected chi connectivity index (χ1v) is 4.53. The lowest BCUT2D eigenvalue weighted by Gasteiger charge is -2.17. The number of halogens is 4. The molecule has 0 unspecified atom stereocenters. The second kappa shape index (κ2) is 4.69. The summed E-state index contributed by atoms with van der Waals surface area (Å²) in [6.07, 6.45) is -0.740. The van der Waals surface area contributed by atoms with E-state index in [1.54, 1.807) is 0 Å². The molecule has 0 fully saturated rings. The highest BCUT2D eigenvalue weighted by atomic mass is 19.3. The van der Waals surface area contributed by atoms with Crippen LogP contribution in [0.1, 0.15) is 12.0 Å². The summed E-state index contributed by atoms with van der Waals surface area (Å²) in [5, 5.41) is 0. The highest BCUT2D eigenvalue weighted by Crippen LogP contribution is 2.35. The lowest BCUT2D eigenvalue weighted by molar-refractivity contribution is -0.0145. The van der Waals surface area contributed by atoms with Crippen LogP contribution in [0.4, 0.5) is 17.6 Å². The van der Waals surface area contributed by atoms with Crippen LogP contribution in [0.25, 0.3) is 0 Å². The fourth-order valence-electron chi connectivity index (χ4n) is 1.28. The molecule has 2 nitrogen and oxygen atoms in total. The topological polar surface area (TPSA) is 35.2 Å². The summed E-state index contributed by atoms with van der Waals surface area (Å²) >= 11 is 0. The molecule has 0 aliphatic rings. The quantitative estimate of drug-likeness (QED) is 0.816. The summed E-state index contributed by atoms with van der Waals surface area (Å²) in [7, 11) is 1.12. The SMILES string of the molecule is COc1cc(F)c(C(F)(F)CCN)cc1F. The molecular formula is C10H11F4NO. The number of hydrogen-bond donors (Lipinski definition) is 1. The number of benzene rings is 1. The van der Waals surface area contributed by atoms with Gasteiger partial charge in [0.1, 0.15) is 5.82 Å². The average molecular weight is 237 g/mol. The Morgan fingerprint density at radius 3 is 2.38 bits per heavy atom. The van der Waals surface area contributed by atoms with Gasteiger partial charge in [-0.3, -0.25) is 0 Å². The first kappa shape index (κ1) is 12.8. The number of alkyl halides is 2. The average Bonchev–Trinajstić information content (AvgIpc) is 2.20. The molecule has 0 amide bonds. The Labute approximate surface area is 90.0 Å². The van der Waals surface area contributed by atoms with Crippen molar-refractivity contribution in [3.63, 3.8) is 0 Å². The monoisotopic (exact) mass is 237 g/mol. The van der Waals surface area contributed by atoms with E-state index in [0.717, 1.165) is 7.11 Å². The fourth-order valence-corrected chi connectivity index (χ4v) is 1.28. The molecule has 0 aromatic heterocycles. The van der Waals surface area contributed by atoms with Crippen LogP contribution in [0, 0.1) is 11.6 Å². The third kappa shape index (κ3) is 2.44. The van der Waals surface area contributed by atoms with Crippen LogP contribution in [0.2, 0.25) is 0 Å². The zero-order chi connectivity index (χ0) is 12.3. The first-order chi connectivity index (χ1) is 7.42. The molecular weight excluding hydrogens is 226 g/mol. The second-order valence-corrected chi connectivity index (χ2v) is 3.21. The number of ether oxygens (including phenoxy) is 1. The van der Waals surface area contributed by atoms with E-state index in [1.807, 2.05) is 0 Å². The number of hydrogen-bond acceptors (Lipinski definition) is 2. The minimum absolute atomic E-state index is 0.319. The van der Waals surface area contributed by atoms with E-state index >= 15 is 0 Å². The summed E-state index contributed by atoms with van der Waals surface area (Å²) < 4.78 is 57.5. The molecule has 0 saturated heterocycles. The van der Waals surface area contributed by atoms with E-state index < -0.39 is 35.3 Å².